The summed E-state index contributed by atoms with van der Waals surface area (Å²) >= 11 is 0. The van der Waals surface area contributed by atoms with Crippen LogP contribution in [0.1, 0.15) is 123 Å². The molecular formula is C25H46O4. The lowest BCUT2D eigenvalue weighted by atomic mass is 10.1. The fraction of sp³-hybridized carbons (Fsp3) is 0.840. The van der Waals surface area contributed by atoms with Crippen molar-refractivity contribution in [2.75, 3.05) is 6.61 Å². The molecule has 0 radical (unpaired) electrons. The average molecular weight is 411 g/mol. The summed E-state index contributed by atoms with van der Waals surface area (Å²) in [6.45, 7) is 8.39. The van der Waals surface area contributed by atoms with Crippen LogP contribution in [0.4, 0.5) is 0 Å². The Morgan fingerprint density at radius 1 is 0.793 bits per heavy atom. The van der Waals surface area contributed by atoms with Crippen LogP contribution in [0.15, 0.2) is 12.7 Å². The zero-order valence-electron chi connectivity index (χ0n) is 19.2. The summed E-state index contributed by atoms with van der Waals surface area (Å²) in [6.07, 6.45) is 19.4. The van der Waals surface area contributed by atoms with Gasteiger partial charge in [-0.1, -0.05) is 70.8 Å². The van der Waals surface area contributed by atoms with Gasteiger partial charge in [-0.05, 0) is 45.4 Å². The molecule has 0 aromatic carbocycles. The molecule has 1 unspecified atom stereocenters. The van der Waals surface area contributed by atoms with Crippen molar-refractivity contribution >= 4 is 11.9 Å². The number of allylic oxidation sites excluding steroid dienone is 1. The van der Waals surface area contributed by atoms with E-state index in [2.05, 4.69) is 13.5 Å². The molecule has 0 bridgehead atoms. The Morgan fingerprint density at radius 2 is 1.38 bits per heavy atom. The molecule has 0 aliphatic heterocycles. The molecule has 0 heterocycles. The maximum atomic E-state index is 11.9. The van der Waals surface area contributed by atoms with Gasteiger partial charge < -0.3 is 9.47 Å². The van der Waals surface area contributed by atoms with Crippen molar-refractivity contribution in [3.63, 3.8) is 0 Å². The number of unbranched alkanes of at least 4 members (excludes halogenated alkanes) is 11. The normalized spacial score (nSPS) is 11.8. The van der Waals surface area contributed by atoms with Crippen molar-refractivity contribution in [1.29, 1.82) is 0 Å². The first-order valence-corrected chi connectivity index (χ1v) is 12.1. The number of carbonyl (C=O) groups is 2. The SMILES string of the molecule is C=CCCCCCCCCOC(=O)CCCC(=O)OC(C)CCCCCCCC. The number of hydrogen-bond donors (Lipinski definition) is 0. The van der Waals surface area contributed by atoms with Crippen molar-refractivity contribution in [1.82, 2.24) is 0 Å². The van der Waals surface area contributed by atoms with Gasteiger partial charge in [-0.3, -0.25) is 9.59 Å². The van der Waals surface area contributed by atoms with Crippen molar-refractivity contribution in [2.45, 2.75) is 129 Å². The minimum absolute atomic E-state index is 0.0302. The quantitative estimate of drug-likeness (QED) is 0.113. The summed E-state index contributed by atoms with van der Waals surface area (Å²) in [4.78, 5) is 23.6. The van der Waals surface area contributed by atoms with Crippen LogP contribution in [0.2, 0.25) is 0 Å². The van der Waals surface area contributed by atoms with Gasteiger partial charge in [-0.15, -0.1) is 6.58 Å². The molecule has 0 aliphatic rings. The van der Waals surface area contributed by atoms with E-state index in [9.17, 15) is 9.59 Å². The fourth-order valence-electron chi connectivity index (χ4n) is 3.29. The predicted octanol–water partition coefficient (Wildman–Crippen LogP) is 7.30. The number of rotatable bonds is 21. The molecule has 0 saturated carbocycles. The lowest BCUT2D eigenvalue weighted by Crippen LogP contribution is -2.15. The number of ether oxygens (including phenoxy) is 2. The van der Waals surface area contributed by atoms with Crippen molar-refractivity contribution in [3.05, 3.63) is 12.7 Å². The lowest BCUT2D eigenvalue weighted by molar-refractivity contribution is -0.149. The third-order valence-corrected chi connectivity index (χ3v) is 5.12. The third-order valence-electron chi connectivity index (χ3n) is 5.12. The maximum Gasteiger partial charge on any atom is 0.306 e. The lowest BCUT2D eigenvalue weighted by Gasteiger charge is -2.13. The van der Waals surface area contributed by atoms with E-state index in [1.54, 1.807) is 0 Å². The second kappa shape index (κ2) is 21.4. The highest BCUT2D eigenvalue weighted by molar-refractivity contribution is 5.72. The van der Waals surface area contributed by atoms with Crippen LogP contribution in [0.3, 0.4) is 0 Å². The van der Waals surface area contributed by atoms with E-state index in [-0.39, 0.29) is 18.0 Å². The van der Waals surface area contributed by atoms with Crippen LogP contribution in [0.25, 0.3) is 0 Å². The Kier molecular flexibility index (Phi) is 20.4. The van der Waals surface area contributed by atoms with Gasteiger partial charge in [0.1, 0.15) is 0 Å². The summed E-state index contributed by atoms with van der Waals surface area (Å²) in [5.41, 5.74) is 0. The van der Waals surface area contributed by atoms with E-state index in [4.69, 9.17) is 9.47 Å². The zero-order chi connectivity index (χ0) is 21.6. The monoisotopic (exact) mass is 410 g/mol. The Hall–Kier alpha value is -1.32. The highest BCUT2D eigenvalue weighted by atomic mass is 16.5. The van der Waals surface area contributed by atoms with E-state index in [0.29, 0.717) is 25.9 Å². The van der Waals surface area contributed by atoms with E-state index in [0.717, 1.165) is 32.1 Å². The van der Waals surface area contributed by atoms with Crippen molar-refractivity contribution in [3.8, 4) is 0 Å². The summed E-state index contributed by atoms with van der Waals surface area (Å²) in [7, 11) is 0. The number of carbonyl (C=O) groups excluding carboxylic acids is 2. The minimum Gasteiger partial charge on any atom is -0.466 e. The minimum atomic E-state index is -0.205. The van der Waals surface area contributed by atoms with Gasteiger partial charge in [0.05, 0.1) is 12.7 Å². The zero-order valence-corrected chi connectivity index (χ0v) is 19.2. The van der Waals surface area contributed by atoms with Crippen LogP contribution in [-0.4, -0.2) is 24.6 Å². The van der Waals surface area contributed by atoms with Gasteiger partial charge in [-0.25, -0.2) is 0 Å². The third kappa shape index (κ3) is 21.2. The van der Waals surface area contributed by atoms with E-state index < -0.39 is 0 Å². The average Bonchev–Trinajstić information content (AvgIpc) is 2.69. The molecule has 0 aromatic heterocycles. The molecule has 170 valence electrons. The molecule has 0 aromatic rings. The Bertz CT molecular complexity index is 406. The number of esters is 2. The van der Waals surface area contributed by atoms with Crippen molar-refractivity contribution in [2.24, 2.45) is 0 Å². The standard InChI is InChI=1S/C25H46O4/c1-4-6-8-10-12-13-15-17-22-28-24(26)20-18-21-25(27)29-23(3)19-16-14-11-9-7-5-2/h4,23H,1,5-22H2,2-3H3. The first-order chi connectivity index (χ1) is 14.1. The molecule has 0 N–H and O–H groups in total. The van der Waals surface area contributed by atoms with Gasteiger partial charge in [0.15, 0.2) is 0 Å². The summed E-state index contributed by atoms with van der Waals surface area (Å²) in [5, 5.41) is 0. The summed E-state index contributed by atoms with van der Waals surface area (Å²) in [5.74, 6) is -0.406. The fourth-order valence-corrected chi connectivity index (χ4v) is 3.29. The van der Waals surface area contributed by atoms with Crippen molar-refractivity contribution < 1.29 is 19.1 Å². The van der Waals surface area contributed by atoms with Crippen LogP contribution in [0.5, 0.6) is 0 Å². The van der Waals surface area contributed by atoms with Crippen LogP contribution < -0.4 is 0 Å². The second-order valence-electron chi connectivity index (χ2n) is 8.13. The smallest absolute Gasteiger partial charge is 0.306 e. The van der Waals surface area contributed by atoms with Gasteiger partial charge in [0.2, 0.25) is 0 Å². The highest BCUT2D eigenvalue weighted by Crippen LogP contribution is 2.12. The maximum absolute atomic E-state index is 11.9. The van der Waals surface area contributed by atoms with Gasteiger partial charge in [0, 0.05) is 12.8 Å². The Morgan fingerprint density at radius 3 is 2.07 bits per heavy atom. The first kappa shape index (κ1) is 27.7. The van der Waals surface area contributed by atoms with Gasteiger partial charge in [-0.2, -0.15) is 0 Å². The van der Waals surface area contributed by atoms with Crippen LogP contribution in [0, 0.1) is 0 Å². The largest absolute Gasteiger partial charge is 0.466 e. The highest BCUT2D eigenvalue weighted by Gasteiger charge is 2.11. The second-order valence-corrected chi connectivity index (χ2v) is 8.13. The molecule has 4 nitrogen and oxygen atoms in total. The number of hydrogen-bond acceptors (Lipinski definition) is 4. The summed E-state index contributed by atoms with van der Waals surface area (Å²) in [6, 6.07) is 0. The molecule has 1 atom stereocenters. The molecule has 4 heteroatoms. The van der Waals surface area contributed by atoms with E-state index >= 15 is 0 Å². The van der Waals surface area contributed by atoms with Crippen LogP contribution >= 0.6 is 0 Å². The molecule has 0 rings (SSSR count). The molecule has 0 saturated heterocycles. The molecule has 0 aliphatic carbocycles. The Labute approximate surface area is 179 Å². The first-order valence-electron chi connectivity index (χ1n) is 12.1. The topological polar surface area (TPSA) is 52.6 Å². The predicted molar refractivity (Wildman–Crippen MR) is 121 cm³/mol. The Balaban J connectivity index is 3.47. The molecule has 29 heavy (non-hydrogen) atoms. The van der Waals surface area contributed by atoms with E-state index in [1.807, 2.05) is 13.0 Å². The van der Waals surface area contributed by atoms with Gasteiger partial charge in [0.25, 0.3) is 0 Å². The van der Waals surface area contributed by atoms with Gasteiger partial charge >= 0.3 is 11.9 Å². The molecular weight excluding hydrogens is 364 g/mol. The molecule has 0 spiro atoms. The van der Waals surface area contributed by atoms with E-state index in [1.165, 1.54) is 57.8 Å². The summed E-state index contributed by atoms with van der Waals surface area (Å²) < 4.78 is 10.7. The molecule has 0 amide bonds. The van der Waals surface area contributed by atoms with Crippen LogP contribution in [-0.2, 0) is 19.1 Å². The molecule has 0 fully saturated rings.